The number of rotatable bonds is 8. The maximum absolute atomic E-state index is 11.9. The van der Waals surface area contributed by atoms with E-state index in [0.29, 0.717) is 6.42 Å². The van der Waals surface area contributed by atoms with E-state index >= 15 is 0 Å². The zero-order chi connectivity index (χ0) is 16.6. The first-order valence-corrected chi connectivity index (χ1v) is 8.67. The van der Waals surface area contributed by atoms with E-state index in [4.69, 9.17) is 0 Å². The van der Waals surface area contributed by atoms with Gasteiger partial charge in [-0.3, -0.25) is 4.79 Å². The molecule has 0 bridgehead atoms. The summed E-state index contributed by atoms with van der Waals surface area (Å²) < 4.78 is 2.25. The molecule has 0 spiro atoms. The Morgan fingerprint density at radius 2 is 1.71 bits per heavy atom. The van der Waals surface area contributed by atoms with E-state index in [1.165, 1.54) is 16.5 Å². The molecule has 0 fully saturated rings. The maximum Gasteiger partial charge on any atom is 0.220 e. The third kappa shape index (κ3) is 4.48. The number of nitrogens with one attached hydrogen (secondary N) is 1. The Morgan fingerprint density at radius 3 is 2.58 bits per heavy atom. The molecule has 0 unspecified atom stereocenters. The third-order valence-electron chi connectivity index (χ3n) is 4.29. The number of benzene rings is 2. The Kier molecular flexibility index (Phi) is 5.67. The van der Waals surface area contributed by atoms with Gasteiger partial charge in [-0.1, -0.05) is 48.5 Å². The molecule has 0 atom stereocenters. The van der Waals surface area contributed by atoms with Gasteiger partial charge in [-0.2, -0.15) is 0 Å². The largest absolute Gasteiger partial charge is 0.356 e. The van der Waals surface area contributed by atoms with Crippen LogP contribution in [0.25, 0.3) is 10.9 Å². The fourth-order valence-corrected chi connectivity index (χ4v) is 3.00. The molecule has 24 heavy (non-hydrogen) atoms. The molecule has 3 heteroatoms. The van der Waals surface area contributed by atoms with Crippen LogP contribution in [-0.4, -0.2) is 17.0 Å². The first-order chi connectivity index (χ1) is 11.8. The normalized spacial score (nSPS) is 10.8. The minimum atomic E-state index is 0.156. The highest BCUT2D eigenvalue weighted by atomic mass is 16.1. The Labute approximate surface area is 143 Å². The van der Waals surface area contributed by atoms with Crippen LogP contribution in [0.4, 0.5) is 0 Å². The van der Waals surface area contributed by atoms with Crippen LogP contribution in [0, 0.1) is 0 Å². The molecular formula is C21H24N2O. The van der Waals surface area contributed by atoms with E-state index < -0.39 is 0 Å². The van der Waals surface area contributed by atoms with Crippen LogP contribution >= 0.6 is 0 Å². The number of aryl methyl sites for hydroxylation is 2. The lowest BCUT2D eigenvalue weighted by molar-refractivity contribution is -0.121. The molecular weight excluding hydrogens is 296 g/mol. The third-order valence-corrected chi connectivity index (χ3v) is 4.29. The molecule has 3 rings (SSSR count). The van der Waals surface area contributed by atoms with Crippen LogP contribution in [0.2, 0.25) is 0 Å². The number of carbonyl (C=O) groups is 1. The monoisotopic (exact) mass is 320 g/mol. The van der Waals surface area contributed by atoms with Gasteiger partial charge in [0.1, 0.15) is 0 Å². The van der Waals surface area contributed by atoms with Gasteiger partial charge in [0.2, 0.25) is 5.91 Å². The molecule has 0 aliphatic rings. The van der Waals surface area contributed by atoms with Crippen molar-refractivity contribution in [2.75, 3.05) is 6.54 Å². The fraction of sp³-hybridized carbons (Fsp3) is 0.286. The van der Waals surface area contributed by atoms with Gasteiger partial charge in [0.15, 0.2) is 0 Å². The molecule has 1 heterocycles. The van der Waals surface area contributed by atoms with E-state index in [2.05, 4.69) is 58.5 Å². The summed E-state index contributed by atoms with van der Waals surface area (Å²) >= 11 is 0. The van der Waals surface area contributed by atoms with E-state index in [1.807, 2.05) is 18.2 Å². The van der Waals surface area contributed by atoms with Crippen molar-refractivity contribution < 1.29 is 4.79 Å². The van der Waals surface area contributed by atoms with Gasteiger partial charge >= 0.3 is 0 Å². The maximum atomic E-state index is 11.9. The molecule has 0 radical (unpaired) electrons. The van der Waals surface area contributed by atoms with Crippen molar-refractivity contribution in [3.8, 4) is 0 Å². The number of para-hydroxylation sites is 1. The zero-order valence-electron chi connectivity index (χ0n) is 13.9. The van der Waals surface area contributed by atoms with Crippen molar-refractivity contribution in [1.82, 2.24) is 9.88 Å². The van der Waals surface area contributed by atoms with Crippen LogP contribution < -0.4 is 5.32 Å². The molecule has 1 aromatic heterocycles. The summed E-state index contributed by atoms with van der Waals surface area (Å²) in [6.07, 6.45) is 5.53. The fourth-order valence-electron chi connectivity index (χ4n) is 3.00. The van der Waals surface area contributed by atoms with Gasteiger partial charge in [-0.05, 0) is 42.3 Å². The van der Waals surface area contributed by atoms with Gasteiger partial charge in [0.25, 0.3) is 0 Å². The minimum absolute atomic E-state index is 0.156. The van der Waals surface area contributed by atoms with Crippen LogP contribution in [0.3, 0.4) is 0 Å². The molecule has 3 aromatic rings. The lowest BCUT2D eigenvalue weighted by Gasteiger charge is -2.07. The molecule has 1 amide bonds. The van der Waals surface area contributed by atoms with Crippen LogP contribution in [0.1, 0.15) is 24.8 Å². The van der Waals surface area contributed by atoms with Crippen molar-refractivity contribution >= 4 is 16.8 Å². The van der Waals surface area contributed by atoms with Crippen LogP contribution in [-0.2, 0) is 17.8 Å². The van der Waals surface area contributed by atoms with E-state index in [9.17, 15) is 4.79 Å². The predicted octanol–water partition coefficient (Wildman–Crippen LogP) is 4.17. The van der Waals surface area contributed by atoms with Gasteiger partial charge in [-0.15, -0.1) is 0 Å². The molecule has 0 saturated carbocycles. The second-order valence-corrected chi connectivity index (χ2v) is 6.11. The van der Waals surface area contributed by atoms with Crippen molar-refractivity contribution in [1.29, 1.82) is 0 Å². The molecule has 1 N–H and O–H groups in total. The summed E-state index contributed by atoms with van der Waals surface area (Å²) in [6.45, 7) is 1.66. The van der Waals surface area contributed by atoms with E-state index in [0.717, 1.165) is 32.4 Å². The number of fused-ring (bicyclic) bond motifs is 1. The van der Waals surface area contributed by atoms with Crippen molar-refractivity contribution in [3.63, 3.8) is 0 Å². The topological polar surface area (TPSA) is 34.0 Å². The SMILES string of the molecule is O=C(CCCc1ccccc1)NCCCn1ccc2ccccc21. The standard InChI is InChI=1S/C21H24N2O/c24-21(13-6-10-18-8-2-1-3-9-18)22-15-7-16-23-17-14-19-11-4-5-12-20(19)23/h1-5,8-9,11-12,14,17H,6-7,10,13,15-16H2,(H,22,24). The van der Waals surface area contributed by atoms with E-state index in [1.54, 1.807) is 0 Å². The molecule has 0 saturated heterocycles. The minimum Gasteiger partial charge on any atom is -0.356 e. The van der Waals surface area contributed by atoms with Crippen LogP contribution in [0.15, 0.2) is 66.9 Å². The number of hydrogen-bond acceptors (Lipinski definition) is 1. The first-order valence-electron chi connectivity index (χ1n) is 8.67. The summed E-state index contributed by atoms with van der Waals surface area (Å²) in [6, 6.07) is 20.8. The molecule has 0 aliphatic heterocycles. The van der Waals surface area contributed by atoms with Crippen LogP contribution in [0.5, 0.6) is 0 Å². The van der Waals surface area contributed by atoms with Gasteiger partial charge < -0.3 is 9.88 Å². The average molecular weight is 320 g/mol. The number of nitrogens with zero attached hydrogens (tertiary/aromatic N) is 1. The quantitative estimate of drug-likeness (QED) is 0.621. The molecule has 2 aromatic carbocycles. The summed E-state index contributed by atoms with van der Waals surface area (Å²) in [7, 11) is 0. The predicted molar refractivity (Wildman–Crippen MR) is 98.9 cm³/mol. The molecule has 0 aliphatic carbocycles. The zero-order valence-corrected chi connectivity index (χ0v) is 13.9. The lowest BCUT2D eigenvalue weighted by atomic mass is 10.1. The second-order valence-electron chi connectivity index (χ2n) is 6.11. The van der Waals surface area contributed by atoms with Crippen molar-refractivity contribution in [2.24, 2.45) is 0 Å². The van der Waals surface area contributed by atoms with Gasteiger partial charge in [-0.25, -0.2) is 0 Å². The Bertz CT molecular complexity index is 777. The van der Waals surface area contributed by atoms with Gasteiger partial charge in [0, 0.05) is 31.2 Å². The summed E-state index contributed by atoms with van der Waals surface area (Å²) in [5.41, 5.74) is 2.55. The summed E-state index contributed by atoms with van der Waals surface area (Å²) in [5, 5.41) is 4.29. The molecule has 124 valence electrons. The number of hydrogen-bond donors (Lipinski definition) is 1. The highest BCUT2D eigenvalue weighted by Gasteiger charge is 2.02. The Morgan fingerprint density at radius 1 is 0.917 bits per heavy atom. The second kappa shape index (κ2) is 8.34. The first kappa shape index (κ1) is 16.3. The van der Waals surface area contributed by atoms with Crippen molar-refractivity contribution in [3.05, 3.63) is 72.4 Å². The highest BCUT2D eigenvalue weighted by molar-refractivity contribution is 5.79. The highest BCUT2D eigenvalue weighted by Crippen LogP contribution is 2.15. The van der Waals surface area contributed by atoms with Crippen molar-refractivity contribution in [2.45, 2.75) is 32.2 Å². The summed E-state index contributed by atoms with van der Waals surface area (Å²) in [4.78, 5) is 11.9. The molecule has 3 nitrogen and oxygen atoms in total. The smallest absolute Gasteiger partial charge is 0.220 e. The summed E-state index contributed by atoms with van der Waals surface area (Å²) in [5.74, 6) is 0.156. The van der Waals surface area contributed by atoms with Gasteiger partial charge in [0.05, 0.1) is 0 Å². The number of carbonyl (C=O) groups excluding carboxylic acids is 1. The average Bonchev–Trinajstić information content (AvgIpc) is 3.03. The number of aromatic nitrogens is 1. The van der Waals surface area contributed by atoms with E-state index in [-0.39, 0.29) is 5.91 Å². The Hall–Kier alpha value is -2.55. The Balaban J connectivity index is 1.33. The number of amides is 1. The lowest BCUT2D eigenvalue weighted by Crippen LogP contribution is -2.25.